The summed E-state index contributed by atoms with van der Waals surface area (Å²) in [5, 5.41) is 2.84. The number of nitrogens with one attached hydrogen (secondary N) is 1. The van der Waals surface area contributed by atoms with Crippen LogP contribution in [0.15, 0.2) is 78.9 Å². The van der Waals surface area contributed by atoms with E-state index < -0.39 is 0 Å². The Bertz CT molecular complexity index is 765. The lowest BCUT2D eigenvalue weighted by Gasteiger charge is -2.06. The number of amides is 1. The summed E-state index contributed by atoms with van der Waals surface area (Å²) in [4.78, 5) is 12.1. The molecular weight excluding hydrogens is 277 g/mol. The summed E-state index contributed by atoms with van der Waals surface area (Å²) in [5.74, 6) is -0.417. The van der Waals surface area contributed by atoms with Gasteiger partial charge in [-0.1, -0.05) is 42.5 Å². The number of carbonyl (C=O) groups is 1. The minimum atomic E-state index is -0.261. The van der Waals surface area contributed by atoms with Crippen molar-refractivity contribution in [3.05, 3.63) is 90.2 Å². The molecule has 0 heterocycles. The minimum absolute atomic E-state index is 0.156. The van der Waals surface area contributed by atoms with Crippen molar-refractivity contribution < 1.29 is 9.18 Å². The lowest BCUT2D eigenvalue weighted by atomic mass is 10.0. The number of hydrogen-bond acceptors (Lipinski definition) is 1. The van der Waals surface area contributed by atoms with Crippen LogP contribution >= 0.6 is 0 Å². The number of carbonyl (C=O) groups excluding carboxylic acids is 1. The van der Waals surface area contributed by atoms with Crippen molar-refractivity contribution in [1.82, 2.24) is 0 Å². The summed E-state index contributed by atoms with van der Waals surface area (Å²) in [7, 11) is 0. The first-order valence-electron chi connectivity index (χ1n) is 6.95. The maximum absolute atomic E-state index is 12.9. The predicted molar refractivity (Wildman–Crippen MR) is 86.2 cm³/mol. The summed E-state index contributed by atoms with van der Waals surface area (Å²) in [6.45, 7) is 0. The molecule has 0 bridgehead atoms. The van der Waals surface area contributed by atoms with Crippen molar-refractivity contribution in [2.45, 2.75) is 0 Å². The third-order valence-corrected chi connectivity index (χ3v) is 3.36. The Balaban J connectivity index is 1.76. The number of anilines is 1. The fourth-order valence-corrected chi connectivity index (χ4v) is 2.18. The van der Waals surface area contributed by atoms with Gasteiger partial charge in [0.25, 0.3) is 5.91 Å². The average molecular weight is 291 g/mol. The van der Waals surface area contributed by atoms with Gasteiger partial charge in [-0.25, -0.2) is 4.39 Å². The zero-order chi connectivity index (χ0) is 15.4. The van der Waals surface area contributed by atoms with Gasteiger partial charge in [0, 0.05) is 11.3 Å². The Kier molecular flexibility index (Phi) is 3.97. The van der Waals surface area contributed by atoms with Crippen molar-refractivity contribution in [3.8, 4) is 11.1 Å². The second kappa shape index (κ2) is 6.22. The minimum Gasteiger partial charge on any atom is -0.322 e. The lowest BCUT2D eigenvalue weighted by Crippen LogP contribution is -2.11. The standard InChI is InChI=1S/C19H14FNO/c20-17-12-10-15(11-13-17)14-6-8-16(9-7-14)19(22)21-18-4-2-1-3-5-18/h1-13H,(H,21,22). The third kappa shape index (κ3) is 3.20. The van der Waals surface area contributed by atoms with E-state index in [1.54, 1.807) is 24.3 Å². The van der Waals surface area contributed by atoms with Crippen LogP contribution < -0.4 is 5.32 Å². The highest BCUT2D eigenvalue weighted by atomic mass is 19.1. The predicted octanol–water partition coefficient (Wildman–Crippen LogP) is 4.75. The van der Waals surface area contributed by atoms with Crippen LogP contribution in [-0.2, 0) is 0 Å². The van der Waals surface area contributed by atoms with E-state index in [9.17, 15) is 9.18 Å². The van der Waals surface area contributed by atoms with Gasteiger partial charge in [-0.2, -0.15) is 0 Å². The Morgan fingerprint density at radius 1 is 0.727 bits per heavy atom. The Morgan fingerprint density at radius 2 is 1.27 bits per heavy atom. The highest BCUT2D eigenvalue weighted by molar-refractivity contribution is 6.04. The second-order valence-corrected chi connectivity index (χ2v) is 4.90. The highest BCUT2D eigenvalue weighted by Gasteiger charge is 2.06. The quantitative estimate of drug-likeness (QED) is 0.741. The van der Waals surface area contributed by atoms with Crippen LogP contribution in [0.2, 0.25) is 0 Å². The summed E-state index contributed by atoms with van der Waals surface area (Å²) in [6, 6.07) is 22.8. The van der Waals surface area contributed by atoms with Gasteiger partial charge in [0.05, 0.1) is 0 Å². The molecule has 0 spiro atoms. The summed E-state index contributed by atoms with van der Waals surface area (Å²) < 4.78 is 12.9. The van der Waals surface area contributed by atoms with Gasteiger partial charge >= 0.3 is 0 Å². The SMILES string of the molecule is O=C(Nc1ccccc1)c1ccc(-c2ccc(F)cc2)cc1. The second-order valence-electron chi connectivity index (χ2n) is 4.90. The first-order chi connectivity index (χ1) is 10.7. The molecule has 0 aliphatic carbocycles. The van der Waals surface area contributed by atoms with Gasteiger partial charge in [0.1, 0.15) is 5.82 Å². The number of para-hydroxylation sites is 1. The topological polar surface area (TPSA) is 29.1 Å². The molecule has 0 fully saturated rings. The van der Waals surface area contributed by atoms with E-state index in [4.69, 9.17) is 0 Å². The molecule has 3 heteroatoms. The number of hydrogen-bond donors (Lipinski definition) is 1. The van der Waals surface area contributed by atoms with Crippen molar-refractivity contribution in [2.75, 3.05) is 5.32 Å². The van der Waals surface area contributed by atoms with Crippen molar-refractivity contribution in [3.63, 3.8) is 0 Å². The van der Waals surface area contributed by atoms with Gasteiger partial charge in [-0.3, -0.25) is 4.79 Å². The Labute approximate surface area is 128 Å². The van der Waals surface area contributed by atoms with E-state index in [-0.39, 0.29) is 11.7 Å². The first kappa shape index (κ1) is 14.0. The summed E-state index contributed by atoms with van der Waals surface area (Å²) >= 11 is 0. The molecule has 0 saturated carbocycles. The molecule has 108 valence electrons. The fourth-order valence-electron chi connectivity index (χ4n) is 2.18. The molecule has 1 N–H and O–H groups in total. The molecular formula is C19H14FNO. The maximum atomic E-state index is 12.9. The van der Waals surface area contributed by atoms with E-state index in [1.165, 1.54) is 12.1 Å². The number of halogens is 1. The smallest absolute Gasteiger partial charge is 0.255 e. The van der Waals surface area contributed by atoms with Crippen LogP contribution in [0.25, 0.3) is 11.1 Å². The zero-order valence-corrected chi connectivity index (χ0v) is 11.8. The third-order valence-electron chi connectivity index (χ3n) is 3.36. The first-order valence-corrected chi connectivity index (χ1v) is 6.95. The molecule has 22 heavy (non-hydrogen) atoms. The molecule has 0 atom stereocenters. The highest BCUT2D eigenvalue weighted by Crippen LogP contribution is 2.20. The monoisotopic (exact) mass is 291 g/mol. The van der Waals surface area contributed by atoms with Crippen LogP contribution in [0, 0.1) is 5.82 Å². The number of benzene rings is 3. The lowest BCUT2D eigenvalue weighted by molar-refractivity contribution is 0.102. The van der Waals surface area contributed by atoms with E-state index in [0.29, 0.717) is 5.56 Å². The normalized spacial score (nSPS) is 10.2. The molecule has 3 aromatic carbocycles. The Hall–Kier alpha value is -2.94. The van der Waals surface area contributed by atoms with Crippen LogP contribution in [0.5, 0.6) is 0 Å². The molecule has 2 nitrogen and oxygen atoms in total. The van der Waals surface area contributed by atoms with Crippen LogP contribution in [-0.4, -0.2) is 5.91 Å². The van der Waals surface area contributed by atoms with Crippen LogP contribution in [0.3, 0.4) is 0 Å². The van der Waals surface area contributed by atoms with E-state index in [2.05, 4.69) is 5.32 Å². The van der Waals surface area contributed by atoms with Crippen molar-refractivity contribution >= 4 is 11.6 Å². The molecule has 1 amide bonds. The van der Waals surface area contributed by atoms with Gasteiger partial charge in [0.2, 0.25) is 0 Å². The van der Waals surface area contributed by atoms with Gasteiger partial charge < -0.3 is 5.32 Å². The average Bonchev–Trinajstić information content (AvgIpc) is 2.57. The van der Waals surface area contributed by atoms with Gasteiger partial charge in [-0.15, -0.1) is 0 Å². The zero-order valence-electron chi connectivity index (χ0n) is 11.8. The van der Waals surface area contributed by atoms with E-state index in [0.717, 1.165) is 16.8 Å². The fraction of sp³-hybridized carbons (Fsp3) is 0. The molecule has 0 radical (unpaired) electrons. The van der Waals surface area contributed by atoms with E-state index >= 15 is 0 Å². The molecule has 0 aliphatic rings. The maximum Gasteiger partial charge on any atom is 0.255 e. The summed E-state index contributed by atoms with van der Waals surface area (Å²) in [6.07, 6.45) is 0. The largest absolute Gasteiger partial charge is 0.322 e. The van der Waals surface area contributed by atoms with Crippen molar-refractivity contribution in [1.29, 1.82) is 0 Å². The number of rotatable bonds is 3. The van der Waals surface area contributed by atoms with E-state index in [1.807, 2.05) is 42.5 Å². The molecule has 0 unspecified atom stereocenters. The molecule has 3 aromatic rings. The molecule has 3 rings (SSSR count). The van der Waals surface area contributed by atoms with Crippen LogP contribution in [0.4, 0.5) is 10.1 Å². The Morgan fingerprint density at radius 3 is 1.86 bits per heavy atom. The molecule has 0 aromatic heterocycles. The van der Waals surface area contributed by atoms with Gasteiger partial charge in [-0.05, 0) is 47.5 Å². The molecule has 0 aliphatic heterocycles. The molecule has 0 saturated heterocycles. The van der Waals surface area contributed by atoms with Crippen molar-refractivity contribution in [2.24, 2.45) is 0 Å². The summed E-state index contributed by atoms with van der Waals surface area (Å²) in [5.41, 5.74) is 3.19. The van der Waals surface area contributed by atoms with Crippen LogP contribution in [0.1, 0.15) is 10.4 Å². The van der Waals surface area contributed by atoms with Gasteiger partial charge in [0.15, 0.2) is 0 Å².